The van der Waals surface area contributed by atoms with Crippen molar-refractivity contribution >= 4 is 11.0 Å². The van der Waals surface area contributed by atoms with Crippen LogP contribution in [0.3, 0.4) is 0 Å². The van der Waals surface area contributed by atoms with E-state index in [0.717, 1.165) is 18.5 Å². The van der Waals surface area contributed by atoms with Crippen LogP contribution in [0.5, 0.6) is 0 Å². The van der Waals surface area contributed by atoms with Gasteiger partial charge in [-0.05, 0) is 31.9 Å². The van der Waals surface area contributed by atoms with Gasteiger partial charge in [0.2, 0.25) is 0 Å². The summed E-state index contributed by atoms with van der Waals surface area (Å²) < 4.78 is 6.09. The van der Waals surface area contributed by atoms with Crippen LogP contribution in [0, 0.1) is 0 Å². The van der Waals surface area contributed by atoms with Gasteiger partial charge in [0.05, 0.1) is 0 Å². The van der Waals surface area contributed by atoms with E-state index in [1.165, 1.54) is 29.6 Å². The summed E-state index contributed by atoms with van der Waals surface area (Å²) in [5.41, 5.74) is 2.47. The zero-order valence-corrected chi connectivity index (χ0v) is 11.2. The maximum Gasteiger partial charge on any atom is 0.134 e. The third-order valence-electron chi connectivity index (χ3n) is 4.08. The Morgan fingerprint density at radius 3 is 2.72 bits per heavy atom. The van der Waals surface area contributed by atoms with Crippen LogP contribution in [0.15, 0.2) is 28.7 Å². The fourth-order valence-corrected chi connectivity index (χ4v) is 3.10. The number of hydrogen-bond acceptors (Lipinski definition) is 2. The van der Waals surface area contributed by atoms with E-state index in [0.29, 0.717) is 12.0 Å². The Kier molecular flexibility index (Phi) is 3.13. The second kappa shape index (κ2) is 4.77. The molecule has 3 rings (SSSR count). The van der Waals surface area contributed by atoms with Crippen molar-refractivity contribution in [1.29, 1.82) is 0 Å². The first-order chi connectivity index (χ1) is 8.83. The molecule has 1 aromatic heterocycles. The van der Waals surface area contributed by atoms with E-state index in [1.54, 1.807) is 0 Å². The van der Waals surface area contributed by atoms with E-state index in [2.05, 4.69) is 43.4 Å². The molecule has 0 aliphatic heterocycles. The molecule has 0 atom stereocenters. The molecular weight excluding hydrogens is 222 g/mol. The third kappa shape index (κ3) is 1.85. The quantitative estimate of drug-likeness (QED) is 0.882. The lowest BCUT2D eigenvalue weighted by molar-refractivity contribution is 0.265. The van der Waals surface area contributed by atoms with Gasteiger partial charge in [0.15, 0.2) is 0 Å². The number of furan rings is 1. The molecule has 0 spiro atoms. The zero-order valence-electron chi connectivity index (χ0n) is 11.2. The predicted octanol–water partition coefficient (Wildman–Crippen LogP) is 3.85. The van der Waals surface area contributed by atoms with Gasteiger partial charge in [-0.15, -0.1) is 0 Å². The van der Waals surface area contributed by atoms with Gasteiger partial charge < -0.3 is 9.73 Å². The van der Waals surface area contributed by atoms with Crippen molar-refractivity contribution in [3.8, 4) is 0 Å². The molecule has 1 aromatic carbocycles. The van der Waals surface area contributed by atoms with Crippen LogP contribution in [-0.2, 0) is 6.42 Å². The molecule has 1 fully saturated rings. The molecule has 2 aromatic rings. The van der Waals surface area contributed by atoms with Crippen LogP contribution in [0.2, 0.25) is 0 Å². The molecule has 0 unspecified atom stereocenters. The highest BCUT2D eigenvalue weighted by molar-refractivity contribution is 5.82. The molecule has 18 heavy (non-hydrogen) atoms. The number of fused-ring (bicyclic) bond motifs is 1. The van der Waals surface area contributed by atoms with Crippen LogP contribution >= 0.6 is 0 Å². The maximum absolute atomic E-state index is 6.09. The zero-order chi connectivity index (χ0) is 12.5. The van der Waals surface area contributed by atoms with Crippen LogP contribution in [0.4, 0.5) is 0 Å². The monoisotopic (exact) mass is 243 g/mol. The molecule has 0 saturated heterocycles. The molecule has 0 amide bonds. The fraction of sp³-hybridized carbons (Fsp3) is 0.500. The molecule has 1 aliphatic rings. The average molecular weight is 243 g/mol. The Bertz CT molecular complexity index is 537. The molecule has 0 radical (unpaired) electrons. The molecule has 2 nitrogen and oxygen atoms in total. The summed E-state index contributed by atoms with van der Waals surface area (Å²) in [6, 6.07) is 9.11. The molecular formula is C16H21NO. The third-order valence-corrected chi connectivity index (χ3v) is 4.08. The highest BCUT2D eigenvalue weighted by Gasteiger charge is 2.33. The Balaban J connectivity index is 1.88. The van der Waals surface area contributed by atoms with Crippen LogP contribution in [0.25, 0.3) is 11.0 Å². The summed E-state index contributed by atoms with van der Waals surface area (Å²) in [7, 11) is 0. The summed E-state index contributed by atoms with van der Waals surface area (Å²) in [4.78, 5) is 0. The summed E-state index contributed by atoms with van der Waals surface area (Å²) in [5, 5.41) is 4.82. The lowest BCUT2D eigenvalue weighted by atomic mass is 9.77. The topological polar surface area (TPSA) is 25.2 Å². The smallest absolute Gasteiger partial charge is 0.134 e. The summed E-state index contributed by atoms with van der Waals surface area (Å²) in [5.74, 6) is 1.87. The number of aryl methyl sites for hydroxylation is 1. The standard InChI is InChI=1S/C16H21NO/c1-3-13-14-7-5-6-8-15(14)18-16(13)11-9-12(10-11)17-4-2/h5-8,11-12,17H,3-4,9-10H2,1-2H3. The highest BCUT2D eigenvalue weighted by Crippen LogP contribution is 2.42. The van der Waals surface area contributed by atoms with Gasteiger partial charge in [-0.25, -0.2) is 0 Å². The summed E-state index contributed by atoms with van der Waals surface area (Å²) in [6.45, 7) is 5.46. The Hall–Kier alpha value is -1.28. The van der Waals surface area contributed by atoms with Crippen molar-refractivity contribution in [1.82, 2.24) is 5.32 Å². The Morgan fingerprint density at radius 1 is 1.22 bits per heavy atom. The van der Waals surface area contributed by atoms with Gasteiger partial charge in [0.25, 0.3) is 0 Å². The summed E-state index contributed by atoms with van der Waals surface area (Å²) in [6.07, 6.45) is 3.51. The predicted molar refractivity (Wildman–Crippen MR) is 75.0 cm³/mol. The second-order valence-electron chi connectivity index (χ2n) is 5.22. The minimum atomic E-state index is 0.622. The minimum absolute atomic E-state index is 0.622. The van der Waals surface area contributed by atoms with Gasteiger partial charge in [-0.2, -0.15) is 0 Å². The van der Waals surface area contributed by atoms with Gasteiger partial charge in [0.1, 0.15) is 11.3 Å². The van der Waals surface area contributed by atoms with Crippen molar-refractivity contribution in [3.05, 3.63) is 35.6 Å². The van der Waals surface area contributed by atoms with Gasteiger partial charge >= 0.3 is 0 Å². The lowest BCUT2D eigenvalue weighted by Gasteiger charge is -2.35. The van der Waals surface area contributed by atoms with E-state index in [1.807, 2.05) is 0 Å². The number of nitrogens with one attached hydrogen (secondary N) is 1. The normalized spacial score (nSPS) is 23.2. The van der Waals surface area contributed by atoms with E-state index in [9.17, 15) is 0 Å². The Labute approximate surface area is 108 Å². The van der Waals surface area contributed by atoms with Gasteiger partial charge in [-0.1, -0.05) is 32.0 Å². The van der Waals surface area contributed by atoms with Crippen molar-refractivity contribution in [2.45, 2.75) is 45.1 Å². The number of rotatable bonds is 4. The molecule has 1 aliphatic carbocycles. The van der Waals surface area contributed by atoms with Gasteiger partial charge in [-0.3, -0.25) is 0 Å². The first-order valence-corrected chi connectivity index (χ1v) is 7.07. The summed E-state index contributed by atoms with van der Waals surface area (Å²) >= 11 is 0. The molecule has 1 N–H and O–H groups in total. The molecule has 1 saturated carbocycles. The highest BCUT2D eigenvalue weighted by atomic mass is 16.3. The second-order valence-corrected chi connectivity index (χ2v) is 5.22. The molecule has 0 bridgehead atoms. The van der Waals surface area contributed by atoms with Crippen LogP contribution in [0.1, 0.15) is 43.9 Å². The molecule has 1 heterocycles. The first-order valence-electron chi connectivity index (χ1n) is 7.07. The van der Waals surface area contributed by atoms with E-state index in [4.69, 9.17) is 4.42 Å². The first kappa shape index (κ1) is 11.8. The number of benzene rings is 1. The molecule has 2 heteroatoms. The van der Waals surface area contributed by atoms with Crippen molar-refractivity contribution in [2.24, 2.45) is 0 Å². The minimum Gasteiger partial charge on any atom is -0.460 e. The van der Waals surface area contributed by atoms with Gasteiger partial charge in [0, 0.05) is 22.9 Å². The average Bonchev–Trinajstić information content (AvgIpc) is 2.71. The van der Waals surface area contributed by atoms with Crippen LogP contribution < -0.4 is 5.32 Å². The van der Waals surface area contributed by atoms with E-state index >= 15 is 0 Å². The Morgan fingerprint density at radius 2 is 2.00 bits per heavy atom. The van der Waals surface area contributed by atoms with Crippen molar-refractivity contribution < 1.29 is 4.42 Å². The SMILES string of the molecule is CCNC1CC(c2oc3ccccc3c2CC)C1. The van der Waals surface area contributed by atoms with E-state index < -0.39 is 0 Å². The van der Waals surface area contributed by atoms with Crippen molar-refractivity contribution in [2.75, 3.05) is 6.54 Å². The number of hydrogen-bond donors (Lipinski definition) is 1. The largest absolute Gasteiger partial charge is 0.460 e. The maximum atomic E-state index is 6.09. The van der Waals surface area contributed by atoms with Crippen molar-refractivity contribution in [3.63, 3.8) is 0 Å². The van der Waals surface area contributed by atoms with E-state index in [-0.39, 0.29) is 0 Å². The fourth-order valence-electron chi connectivity index (χ4n) is 3.10. The molecule has 96 valence electrons. The lowest BCUT2D eigenvalue weighted by Crippen LogP contribution is -2.39. The number of para-hydroxylation sites is 1. The van der Waals surface area contributed by atoms with Crippen LogP contribution in [-0.4, -0.2) is 12.6 Å².